The van der Waals surface area contributed by atoms with Gasteiger partial charge < -0.3 is 15.3 Å². The van der Waals surface area contributed by atoms with Crippen LogP contribution in [0.4, 0.5) is 10.5 Å². The molecule has 0 saturated carbocycles. The lowest BCUT2D eigenvalue weighted by Gasteiger charge is -2.47. The fourth-order valence-corrected chi connectivity index (χ4v) is 6.45. The van der Waals surface area contributed by atoms with Crippen LogP contribution in [0.1, 0.15) is 41.1 Å². The number of amides is 3. The van der Waals surface area contributed by atoms with Crippen molar-refractivity contribution >= 4 is 46.8 Å². The molecule has 0 aromatic heterocycles. The molecule has 7 nitrogen and oxygen atoms in total. The third-order valence-corrected chi connectivity index (χ3v) is 8.71. The number of nitrogens with zero attached hydrogens (tertiary/aromatic N) is 2. The van der Waals surface area contributed by atoms with E-state index in [-0.39, 0.29) is 50.5 Å². The topological polar surface area (TPSA) is 89.9 Å². The van der Waals surface area contributed by atoms with Gasteiger partial charge in [-0.25, -0.2) is 4.79 Å². The van der Waals surface area contributed by atoms with Gasteiger partial charge in [-0.2, -0.15) is 0 Å². The van der Waals surface area contributed by atoms with Gasteiger partial charge in [0.2, 0.25) is 5.91 Å². The highest BCUT2D eigenvalue weighted by atomic mass is 35.5. The Morgan fingerprint density at radius 3 is 2.20 bits per heavy atom. The maximum absolute atomic E-state index is 14.0. The number of carbonyl (C=O) groups is 3. The van der Waals surface area contributed by atoms with E-state index in [4.69, 9.17) is 23.2 Å². The zero-order valence-corrected chi connectivity index (χ0v) is 26.5. The molecule has 45 heavy (non-hydrogen) atoms. The maximum atomic E-state index is 14.0. The molecule has 2 atom stereocenters. The van der Waals surface area contributed by atoms with Gasteiger partial charge in [0.25, 0.3) is 0 Å². The Morgan fingerprint density at radius 1 is 0.889 bits per heavy atom. The number of carbonyl (C=O) groups excluding carboxylic acids is 2. The van der Waals surface area contributed by atoms with Crippen molar-refractivity contribution in [2.24, 2.45) is 5.41 Å². The van der Waals surface area contributed by atoms with Crippen LogP contribution in [0, 0.1) is 12.3 Å². The summed E-state index contributed by atoms with van der Waals surface area (Å²) in [4.78, 5) is 43.4. The van der Waals surface area contributed by atoms with Crippen molar-refractivity contribution < 1.29 is 19.5 Å². The fraction of sp³-hybridized carbons (Fsp3) is 0.250. The molecule has 2 N–H and O–H groups in total. The van der Waals surface area contributed by atoms with E-state index in [9.17, 15) is 19.5 Å². The number of aliphatic carboxylic acids is 1. The number of rotatable bonds is 11. The number of hydrogen-bond donors (Lipinski definition) is 2. The van der Waals surface area contributed by atoms with Gasteiger partial charge in [-0.05, 0) is 54.3 Å². The van der Waals surface area contributed by atoms with Gasteiger partial charge in [0, 0.05) is 47.2 Å². The average molecular weight is 645 g/mol. The van der Waals surface area contributed by atoms with Crippen molar-refractivity contribution in [1.82, 2.24) is 10.2 Å². The summed E-state index contributed by atoms with van der Waals surface area (Å²) in [6, 6.07) is 31.5. The van der Waals surface area contributed by atoms with Gasteiger partial charge >= 0.3 is 12.0 Å². The van der Waals surface area contributed by atoms with Crippen molar-refractivity contribution in [3.63, 3.8) is 0 Å². The van der Waals surface area contributed by atoms with Crippen molar-refractivity contribution in [3.8, 4) is 0 Å². The van der Waals surface area contributed by atoms with Crippen molar-refractivity contribution in [1.29, 1.82) is 0 Å². The van der Waals surface area contributed by atoms with E-state index in [0.29, 0.717) is 27.7 Å². The second-order valence-corrected chi connectivity index (χ2v) is 12.6. The number of carboxylic acid groups (broad SMARTS) is 1. The summed E-state index contributed by atoms with van der Waals surface area (Å²) >= 11 is 12.6. The first kappa shape index (κ1) is 32.1. The molecule has 1 fully saturated rings. The number of anilines is 1. The Morgan fingerprint density at radius 2 is 1.56 bits per heavy atom. The molecule has 1 aliphatic heterocycles. The van der Waals surface area contributed by atoms with Crippen LogP contribution in [-0.4, -0.2) is 41.0 Å². The number of urea groups is 1. The van der Waals surface area contributed by atoms with Gasteiger partial charge in [-0.15, -0.1) is 0 Å². The third kappa shape index (κ3) is 8.24. The molecule has 0 aliphatic carbocycles. The van der Waals surface area contributed by atoms with E-state index in [2.05, 4.69) is 5.32 Å². The van der Waals surface area contributed by atoms with Gasteiger partial charge in [-0.3, -0.25) is 14.5 Å². The van der Waals surface area contributed by atoms with E-state index in [1.807, 2.05) is 91.9 Å². The highest BCUT2D eigenvalue weighted by Crippen LogP contribution is 2.38. The molecular formula is C36H35Cl2N3O4. The van der Waals surface area contributed by atoms with E-state index in [1.165, 1.54) is 0 Å². The number of carboxylic acids is 1. The minimum atomic E-state index is -1.10. The summed E-state index contributed by atoms with van der Waals surface area (Å²) < 4.78 is 0. The first-order valence-electron chi connectivity index (χ1n) is 14.8. The lowest BCUT2D eigenvalue weighted by atomic mass is 9.77. The number of halogens is 2. The summed E-state index contributed by atoms with van der Waals surface area (Å²) in [5.74, 6) is -1.34. The normalized spacial score (nSPS) is 17.2. The van der Waals surface area contributed by atoms with Gasteiger partial charge in [0.15, 0.2) is 0 Å². The molecule has 4 aromatic rings. The molecule has 3 amide bonds. The predicted octanol–water partition coefficient (Wildman–Crippen LogP) is 7.70. The largest absolute Gasteiger partial charge is 0.481 e. The van der Waals surface area contributed by atoms with E-state index < -0.39 is 11.4 Å². The van der Waals surface area contributed by atoms with Crippen molar-refractivity contribution in [2.75, 3.05) is 18.0 Å². The number of benzene rings is 4. The molecule has 2 unspecified atom stereocenters. The molecule has 232 valence electrons. The number of nitrogens with one attached hydrogen (secondary N) is 1. The first-order chi connectivity index (χ1) is 21.6. The molecule has 1 aliphatic rings. The number of hydrogen-bond acceptors (Lipinski definition) is 3. The minimum Gasteiger partial charge on any atom is -0.481 e. The summed E-state index contributed by atoms with van der Waals surface area (Å²) in [6.07, 6.45) is 0.158. The maximum Gasteiger partial charge on any atom is 0.324 e. The Bertz CT molecular complexity index is 1650. The molecular weight excluding hydrogens is 609 g/mol. The zero-order chi connectivity index (χ0) is 32.0. The Balaban J connectivity index is 1.47. The highest BCUT2D eigenvalue weighted by Gasteiger charge is 2.46. The van der Waals surface area contributed by atoms with E-state index in [1.54, 1.807) is 28.0 Å². The highest BCUT2D eigenvalue weighted by molar-refractivity contribution is 6.35. The quantitative estimate of drug-likeness (QED) is 0.175. The Hall–Kier alpha value is -4.33. The average Bonchev–Trinajstić information content (AvgIpc) is 3.01. The molecule has 1 heterocycles. The molecule has 9 heteroatoms. The second-order valence-electron chi connectivity index (χ2n) is 11.8. The Kier molecular flexibility index (Phi) is 10.1. The molecule has 1 saturated heterocycles. The summed E-state index contributed by atoms with van der Waals surface area (Å²) in [7, 11) is 0. The second kappa shape index (κ2) is 14.2. The van der Waals surface area contributed by atoms with Crippen molar-refractivity contribution in [3.05, 3.63) is 135 Å². The van der Waals surface area contributed by atoms with Gasteiger partial charge in [0.1, 0.15) is 0 Å². The van der Waals surface area contributed by atoms with Crippen molar-refractivity contribution in [2.45, 2.75) is 38.8 Å². The van der Waals surface area contributed by atoms with Crippen LogP contribution in [0.2, 0.25) is 10.0 Å². The molecule has 4 aromatic carbocycles. The first-order valence-corrected chi connectivity index (χ1v) is 15.5. The third-order valence-electron chi connectivity index (χ3n) is 8.12. The summed E-state index contributed by atoms with van der Waals surface area (Å²) in [5.41, 5.74) is 3.23. The summed E-state index contributed by atoms with van der Waals surface area (Å²) in [6.45, 7) is 2.20. The minimum absolute atomic E-state index is 0.0571. The van der Waals surface area contributed by atoms with Gasteiger partial charge in [0.05, 0.1) is 12.5 Å². The Labute approximate surface area is 273 Å². The zero-order valence-electron chi connectivity index (χ0n) is 25.0. The van der Waals surface area contributed by atoms with E-state index in [0.717, 1.165) is 16.7 Å². The van der Waals surface area contributed by atoms with Crippen LogP contribution in [-0.2, 0) is 22.6 Å². The predicted molar refractivity (Wildman–Crippen MR) is 178 cm³/mol. The molecule has 5 rings (SSSR count). The monoisotopic (exact) mass is 643 g/mol. The van der Waals surface area contributed by atoms with E-state index >= 15 is 0 Å². The van der Waals surface area contributed by atoms with Gasteiger partial charge in [-0.1, -0.05) is 108 Å². The standard InChI is InChI=1S/C36H35Cl2N3O4/c1-25-12-16-30(17-13-25)41-24-36(21-34(43)44,23-40(35(41)45)22-28-14-15-29(37)19-31(28)38)20-33(42)39-32(27-10-6-3-7-11-27)18-26-8-4-2-5-9-26/h2-17,19,32H,18,20-24H2,1H3,(H,39,42)(H,43,44). The fourth-order valence-electron chi connectivity index (χ4n) is 5.98. The molecule has 0 bridgehead atoms. The SMILES string of the molecule is Cc1ccc(N2CC(CC(=O)O)(CC(=O)NC(Cc3ccccc3)c3ccccc3)CN(Cc3ccc(Cl)cc3Cl)C2=O)cc1. The molecule has 0 radical (unpaired) electrons. The lowest BCUT2D eigenvalue weighted by Crippen LogP contribution is -2.60. The smallest absolute Gasteiger partial charge is 0.324 e. The van der Waals surface area contributed by atoms with Crippen LogP contribution in [0.5, 0.6) is 0 Å². The van der Waals surface area contributed by atoms with Crippen LogP contribution in [0.15, 0.2) is 103 Å². The lowest BCUT2D eigenvalue weighted by molar-refractivity contribution is -0.141. The number of aryl methyl sites for hydroxylation is 1. The molecule has 0 spiro atoms. The summed E-state index contributed by atoms with van der Waals surface area (Å²) in [5, 5.41) is 14.2. The van der Waals surface area contributed by atoms with Crippen LogP contribution >= 0.6 is 23.2 Å². The van der Waals surface area contributed by atoms with Crippen LogP contribution in [0.3, 0.4) is 0 Å². The van der Waals surface area contributed by atoms with Crippen LogP contribution in [0.25, 0.3) is 0 Å². The van der Waals surface area contributed by atoms with Crippen LogP contribution < -0.4 is 10.2 Å².